The van der Waals surface area contributed by atoms with Gasteiger partial charge in [0.25, 0.3) is 0 Å². The van der Waals surface area contributed by atoms with Gasteiger partial charge in [-0.05, 0) is 223 Å². The second-order valence-electron chi connectivity index (χ2n) is 31.3. The van der Waals surface area contributed by atoms with Gasteiger partial charge in [0.2, 0.25) is 63.1 Å². The second-order valence-corrected chi connectivity index (χ2v) is 39.6. The van der Waals surface area contributed by atoms with Gasteiger partial charge in [-0.25, -0.2) is 33.7 Å². The molecule has 4 atom stereocenters. The normalized spacial score (nSPS) is 19.8. The number of methoxy groups -OCH3 is 1. The van der Waals surface area contributed by atoms with Gasteiger partial charge in [-0.3, -0.25) is 24.2 Å². The van der Waals surface area contributed by atoms with E-state index in [1.165, 1.54) is 46.4 Å². The third-order valence-corrected chi connectivity index (χ3v) is 30.6. The van der Waals surface area contributed by atoms with Crippen molar-refractivity contribution in [3.05, 3.63) is 179 Å². The SMILES string of the molecule is COc1ccc(CNCC(=O)N2CCCC(N(C3CC3)S(=O)(=O)c3cccc(C(F)(F)F)c3)C2)cc1.Cl.O=C(CCl)N1CCCC(N(C2CC2)S(=O)(=O)c2cccc(C(F)(F)F)c2)C1.O=C(CNCc1cccnc1)N1CCCC(N(C2CC2)S(=O)(=O)c2cccc(C(F)(F)F)c2)C1.O=C(Cl)CCl.O=S(=O)(c1cccc(C(F)(F)F)c1)N(C1CC1)C1CCCNC1. The molecule has 3 N–H and O–H groups in total. The summed E-state index contributed by atoms with van der Waals surface area (Å²) in [6.07, 6.45) is -4.41. The minimum absolute atomic E-state index is 0. The Labute approximate surface area is 746 Å². The van der Waals surface area contributed by atoms with Crippen LogP contribution in [0.4, 0.5) is 52.7 Å². The van der Waals surface area contributed by atoms with Gasteiger partial charge in [-0.15, -0.1) is 35.6 Å². The van der Waals surface area contributed by atoms with Crippen molar-refractivity contribution in [2.24, 2.45) is 0 Å². The van der Waals surface area contributed by atoms with Crippen molar-refractivity contribution < 1.29 is 110 Å². The molecule has 5 heterocycles. The Balaban J connectivity index is 0.000000188. The number of alkyl halides is 14. The summed E-state index contributed by atoms with van der Waals surface area (Å²) in [5.74, 6) is -0.0813. The van der Waals surface area contributed by atoms with Crippen LogP contribution in [0.1, 0.15) is 136 Å². The first kappa shape index (κ1) is 103. The topological polar surface area (TPSA) is 286 Å². The highest BCUT2D eigenvalue weighted by atomic mass is 35.5. The molecule has 4 aliphatic heterocycles. The minimum Gasteiger partial charge on any atom is -0.497 e. The van der Waals surface area contributed by atoms with Crippen molar-refractivity contribution in [1.82, 2.24) is 52.9 Å². The predicted molar refractivity (Wildman–Crippen MR) is 449 cm³/mol. The highest BCUT2D eigenvalue weighted by Crippen LogP contribution is 2.44. The number of sulfonamides is 4. The van der Waals surface area contributed by atoms with Crippen LogP contribution >= 0.6 is 47.2 Å². The van der Waals surface area contributed by atoms with Crippen molar-refractivity contribution >= 4 is 110 Å². The number of hydrogen-bond donors (Lipinski definition) is 3. The number of carbonyl (C=O) groups excluding carboxylic acids is 4. The van der Waals surface area contributed by atoms with Gasteiger partial charge in [0.15, 0.2) is 0 Å². The standard InChI is InChI=1S/C25H30F3N3O4S.C23H27F3N4O3S.C17H20ClF3N2O3S.C15H19F3N2O2S.C2H2Cl2O.ClH/c1-35-22-11-7-18(8-12-22)15-29-16-24(32)30-13-3-5-21(17-30)31(20-9-10-20)36(33,34)23-6-2-4-19(14-23)25(26,27)28;24-23(25,26)18-5-1-7-21(12-18)34(32,33)30(19-8-9-19)20-6-3-11-29(16-20)22(31)15-28-14-17-4-2-10-27-13-17;18-10-16(24)22-8-2-4-14(11-22)23(13-6-7-13)27(25,26)15-5-1-3-12(9-15)17(19,20)21;16-15(17,18)11-3-1-5-14(9-11)23(21,22)20(12-6-7-12)13-4-2-8-19-10-13;3-1-2(4)5;/h2,4,6-8,11-12,14,20-21,29H,3,5,9-10,13,15-17H2,1H3;1-2,4-5,7,10,12-13,19-20,28H,3,6,8-9,11,14-16H2;1,3,5,9,13-14H,2,4,6-8,10-11H2;1,3,5,9,12-13,19H,2,4,6-8,10H2;1H2;1H. The lowest BCUT2D eigenvalue weighted by Gasteiger charge is -2.39. The molecule has 4 unspecified atom stereocenters. The lowest BCUT2D eigenvalue weighted by molar-refractivity contribution is -0.138. The molecular formula is C82H99Cl4F12N11O13S4. The molecule has 4 saturated heterocycles. The summed E-state index contributed by atoms with van der Waals surface area (Å²) in [4.78, 5) is 54.4. The Morgan fingerprint density at radius 1 is 0.429 bits per heavy atom. The van der Waals surface area contributed by atoms with Crippen LogP contribution in [0.25, 0.3) is 0 Å². The van der Waals surface area contributed by atoms with Gasteiger partial charge in [0.05, 0.1) is 67.9 Å². The molecule has 24 nitrogen and oxygen atoms in total. The van der Waals surface area contributed by atoms with Crippen LogP contribution in [-0.4, -0.2) is 226 Å². The van der Waals surface area contributed by atoms with Gasteiger partial charge in [0, 0.05) is 120 Å². The summed E-state index contributed by atoms with van der Waals surface area (Å²) < 4.78 is 273. The quantitative estimate of drug-likeness (QED) is 0.0245. The Bertz CT molecular complexity index is 5120. The Morgan fingerprint density at radius 2 is 0.746 bits per heavy atom. The average molecular weight is 1940 g/mol. The molecular weight excluding hydrogens is 1850 g/mol. The molecule has 0 radical (unpaired) electrons. The number of rotatable bonds is 27. The zero-order valence-corrected chi connectivity index (χ0v) is 74.6. The molecule has 4 saturated carbocycles. The van der Waals surface area contributed by atoms with E-state index in [4.69, 9.17) is 39.5 Å². The number of piperidine rings is 4. The van der Waals surface area contributed by atoms with Crippen LogP contribution in [0.15, 0.2) is 165 Å². The zero-order chi connectivity index (χ0) is 91.0. The maximum absolute atomic E-state index is 13.5. The fraction of sp³-hybridized carbons (Fsp3) is 0.524. The third kappa shape index (κ3) is 28.5. The maximum Gasteiger partial charge on any atom is 0.416 e. The monoisotopic (exact) mass is 1940 g/mol. The molecule has 14 rings (SSSR count). The number of nitrogens with one attached hydrogen (secondary N) is 3. The van der Waals surface area contributed by atoms with Gasteiger partial charge in [-0.2, -0.15) is 69.9 Å². The number of halogens is 16. The summed E-state index contributed by atoms with van der Waals surface area (Å²) in [6, 6.07) is 24.4. The third-order valence-electron chi connectivity index (χ3n) is 21.8. The van der Waals surface area contributed by atoms with Gasteiger partial charge < -0.3 is 35.4 Å². The molecule has 0 spiro atoms. The molecule has 3 amide bonds. The first-order chi connectivity index (χ1) is 59.0. The lowest BCUT2D eigenvalue weighted by Crippen LogP contribution is -2.53. The minimum atomic E-state index is -4.64. The highest BCUT2D eigenvalue weighted by molar-refractivity contribution is 7.90. The van der Waals surface area contributed by atoms with Gasteiger partial charge in [0.1, 0.15) is 11.6 Å². The number of likely N-dealkylation sites (tertiary alicyclic amines) is 3. The molecule has 5 aromatic carbocycles. The first-order valence-corrected chi connectivity index (χ1v) is 47.8. The summed E-state index contributed by atoms with van der Waals surface area (Å²) in [5.41, 5.74) is -1.99. The molecule has 696 valence electrons. The largest absolute Gasteiger partial charge is 0.497 e. The molecule has 8 aliphatic rings. The van der Waals surface area contributed by atoms with Crippen LogP contribution in [0.3, 0.4) is 0 Å². The number of aromatic nitrogens is 1. The van der Waals surface area contributed by atoms with E-state index in [2.05, 4.69) is 20.9 Å². The van der Waals surface area contributed by atoms with E-state index in [9.17, 15) is 106 Å². The van der Waals surface area contributed by atoms with E-state index >= 15 is 0 Å². The van der Waals surface area contributed by atoms with Crippen molar-refractivity contribution in [2.45, 2.75) is 208 Å². The Hall–Kier alpha value is -7.03. The van der Waals surface area contributed by atoms with E-state index in [1.807, 2.05) is 36.4 Å². The Morgan fingerprint density at radius 3 is 1.02 bits per heavy atom. The van der Waals surface area contributed by atoms with Crippen molar-refractivity contribution in [1.29, 1.82) is 0 Å². The maximum atomic E-state index is 13.5. The van der Waals surface area contributed by atoms with Crippen molar-refractivity contribution in [2.75, 3.05) is 84.3 Å². The van der Waals surface area contributed by atoms with E-state index in [0.717, 1.165) is 104 Å². The highest BCUT2D eigenvalue weighted by Gasteiger charge is 2.50. The molecule has 1 aromatic heterocycles. The summed E-state index contributed by atoms with van der Waals surface area (Å²) in [7, 11) is -14.8. The van der Waals surface area contributed by atoms with E-state index in [0.29, 0.717) is 135 Å². The molecule has 126 heavy (non-hydrogen) atoms. The van der Waals surface area contributed by atoms with Gasteiger partial charge in [-0.1, -0.05) is 42.5 Å². The fourth-order valence-corrected chi connectivity index (χ4v) is 23.2. The van der Waals surface area contributed by atoms with Crippen LogP contribution < -0.4 is 20.7 Å². The molecule has 0 bridgehead atoms. The number of nitrogens with zero attached hydrogens (tertiary/aromatic N) is 8. The summed E-state index contributed by atoms with van der Waals surface area (Å²) >= 11 is 15.2. The van der Waals surface area contributed by atoms with E-state index in [1.54, 1.807) is 29.3 Å². The van der Waals surface area contributed by atoms with Crippen LogP contribution in [0.2, 0.25) is 0 Å². The zero-order valence-electron chi connectivity index (χ0n) is 68.3. The van der Waals surface area contributed by atoms with Gasteiger partial charge >= 0.3 is 24.7 Å². The summed E-state index contributed by atoms with van der Waals surface area (Å²) in [6.45, 7) is 4.76. The van der Waals surface area contributed by atoms with Crippen LogP contribution in [0, 0.1) is 0 Å². The number of pyridine rings is 1. The van der Waals surface area contributed by atoms with E-state index in [-0.39, 0.29) is 124 Å². The smallest absolute Gasteiger partial charge is 0.416 e. The fourth-order valence-electron chi connectivity index (χ4n) is 15.3. The van der Waals surface area contributed by atoms with E-state index < -0.39 is 110 Å². The molecule has 44 heteroatoms. The number of hydrogen-bond acceptors (Lipinski definition) is 17. The second kappa shape index (κ2) is 44.7. The number of amides is 3. The van der Waals surface area contributed by atoms with Crippen LogP contribution in [0.5, 0.6) is 5.75 Å². The number of ether oxygens (including phenoxy) is 1. The molecule has 4 aliphatic carbocycles. The van der Waals surface area contributed by atoms with Crippen LogP contribution in [-0.2, 0) is 97.1 Å². The average Bonchev–Trinajstić information content (AvgIpc) is 1.60. The number of benzene rings is 5. The Kier molecular flexibility index (Phi) is 36.5. The molecule has 6 aromatic rings. The van der Waals surface area contributed by atoms with Crippen molar-refractivity contribution in [3.63, 3.8) is 0 Å². The summed E-state index contributed by atoms with van der Waals surface area (Å²) in [5, 5.41) is 8.87. The van der Waals surface area contributed by atoms with Crippen molar-refractivity contribution in [3.8, 4) is 5.75 Å². The predicted octanol–water partition coefficient (Wildman–Crippen LogP) is 13.8. The molecule has 8 fully saturated rings. The lowest BCUT2D eigenvalue weighted by atomic mass is 10.1. The first-order valence-electron chi connectivity index (χ1n) is 40.6. The number of carbonyl (C=O) groups is 4.